The van der Waals surface area contributed by atoms with Crippen LogP contribution in [0.1, 0.15) is 55.3 Å². The summed E-state index contributed by atoms with van der Waals surface area (Å²) in [6, 6.07) is -0.373. The first-order chi connectivity index (χ1) is 14.6. The van der Waals surface area contributed by atoms with Crippen molar-refractivity contribution in [2.24, 2.45) is 11.3 Å². The van der Waals surface area contributed by atoms with Crippen molar-refractivity contribution in [3.8, 4) is 0 Å². The Morgan fingerprint density at radius 2 is 2.13 bits per heavy atom. The van der Waals surface area contributed by atoms with Crippen LogP contribution in [0.4, 0.5) is 13.6 Å². The van der Waals surface area contributed by atoms with Crippen molar-refractivity contribution in [3.05, 3.63) is 17.5 Å². The van der Waals surface area contributed by atoms with E-state index in [1.165, 1.54) is 0 Å². The minimum absolute atomic E-state index is 0.210. The number of halogens is 2. The fraction of sp³-hybridized carbons (Fsp3) is 0.611. The predicted molar refractivity (Wildman–Crippen MR) is 98.7 cm³/mol. The molecule has 0 bridgehead atoms. The number of carbonyl (C=O) groups is 4. The van der Waals surface area contributed by atoms with Gasteiger partial charge in [-0.2, -0.15) is 0 Å². The van der Waals surface area contributed by atoms with Crippen LogP contribution in [0.5, 0.6) is 0 Å². The van der Waals surface area contributed by atoms with Crippen molar-refractivity contribution in [1.82, 2.24) is 26.2 Å². The Kier molecular flexibility index (Phi) is 6.41. The zero-order chi connectivity index (χ0) is 22.8. The highest BCUT2D eigenvalue weighted by molar-refractivity contribution is 5.96. The number of nitrogens with one attached hydrogen (secondary N) is 3. The Morgan fingerprint density at radius 3 is 2.65 bits per heavy atom. The topological polar surface area (TPSA) is 154 Å². The first kappa shape index (κ1) is 22.4. The second-order valence-electron chi connectivity index (χ2n) is 8.10. The van der Waals surface area contributed by atoms with Crippen LogP contribution in [0.2, 0.25) is 0 Å². The second-order valence-corrected chi connectivity index (χ2v) is 8.10. The number of hydrogen-bond donors (Lipinski definition) is 4. The Morgan fingerprint density at radius 1 is 1.42 bits per heavy atom. The Bertz CT molecular complexity index is 871. The molecule has 2 unspecified atom stereocenters. The zero-order valence-corrected chi connectivity index (χ0v) is 16.7. The summed E-state index contributed by atoms with van der Waals surface area (Å²) >= 11 is 0. The number of aromatic nitrogens is 1. The molecule has 13 heteroatoms. The second kappa shape index (κ2) is 8.86. The first-order valence-electron chi connectivity index (χ1n) is 9.72. The van der Waals surface area contributed by atoms with Gasteiger partial charge in [0.25, 0.3) is 18.2 Å². The zero-order valence-electron chi connectivity index (χ0n) is 16.7. The summed E-state index contributed by atoms with van der Waals surface area (Å²) < 4.78 is 29.7. The lowest BCUT2D eigenvalue weighted by Crippen LogP contribution is -2.55. The summed E-state index contributed by atoms with van der Waals surface area (Å²) in [7, 11) is 0. The molecule has 1 aromatic heterocycles. The Balaban J connectivity index is 1.69. The van der Waals surface area contributed by atoms with E-state index >= 15 is 0 Å². The van der Waals surface area contributed by atoms with Crippen molar-refractivity contribution in [2.45, 2.75) is 45.1 Å². The lowest BCUT2D eigenvalue weighted by atomic mass is 9.98. The van der Waals surface area contributed by atoms with Gasteiger partial charge in [0.2, 0.25) is 11.7 Å². The van der Waals surface area contributed by atoms with E-state index < -0.39 is 47.7 Å². The van der Waals surface area contributed by atoms with Gasteiger partial charge in [0, 0.05) is 12.6 Å². The maximum absolute atomic E-state index is 12.8. The van der Waals surface area contributed by atoms with Crippen molar-refractivity contribution >= 4 is 23.8 Å². The van der Waals surface area contributed by atoms with Crippen LogP contribution in [0, 0.1) is 11.3 Å². The molecular formula is C18H23F2N5O6. The van der Waals surface area contributed by atoms with Gasteiger partial charge in [-0.15, -0.1) is 0 Å². The number of hydrogen-bond acceptors (Lipinski definition) is 6. The molecule has 2 fully saturated rings. The fourth-order valence-corrected chi connectivity index (χ4v) is 3.27. The van der Waals surface area contributed by atoms with Crippen LogP contribution >= 0.6 is 0 Å². The van der Waals surface area contributed by atoms with Crippen LogP contribution < -0.4 is 16.1 Å². The summed E-state index contributed by atoms with van der Waals surface area (Å²) in [5, 5.41) is 18.3. The molecule has 2 heterocycles. The highest BCUT2D eigenvalue weighted by Crippen LogP contribution is 2.48. The minimum Gasteiger partial charge on any atom is -0.464 e. The maximum Gasteiger partial charge on any atom is 0.426 e. The van der Waals surface area contributed by atoms with E-state index in [1.807, 2.05) is 6.92 Å². The van der Waals surface area contributed by atoms with Crippen LogP contribution in [0.25, 0.3) is 0 Å². The molecule has 1 saturated heterocycles. The normalized spacial score (nSPS) is 20.1. The third kappa shape index (κ3) is 5.67. The van der Waals surface area contributed by atoms with Gasteiger partial charge in [-0.25, -0.2) is 18.6 Å². The van der Waals surface area contributed by atoms with Crippen molar-refractivity contribution in [1.29, 1.82) is 0 Å². The smallest absolute Gasteiger partial charge is 0.426 e. The average molecular weight is 443 g/mol. The standard InChI is InChI=1S/C18H23F2N5O6/c1-18(3-4-18)7-11(22-15(27)10-6-12(13(19)20)31-24-10)16(28)23-25(17(29)30)8-9-2-5-21-14(9)26/h6,9,11,13H,2-5,7-8H2,1H3,(H,21,26)(H,22,27)(H,23,28)(H,29,30). The molecule has 2 aliphatic rings. The van der Waals surface area contributed by atoms with Crippen LogP contribution in [0.15, 0.2) is 10.6 Å². The first-order valence-corrected chi connectivity index (χ1v) is 9.72. The molecule has 4 amide bonds. The molecule has 4 N–H and O–H groups in total. The Labute approximate surface area is 175 Å². The van der Waals surface area contributed by atoms with Gasteiger partial charge in [-0.1, -0.05) is 12.1 Å². The summed E-state index contributed by atoms with van der Waals surface area (Å²) in [4.78, 5) is 48.5. The highest BCUT2D eigenvalue weighted by atomic mass is 19.3. The number of hydrazine groups is 1. The molecule has 3 rings (SSSR count). The molecule has 31 heavy (non-hydrogen) atoms. The largest absolute Gasteiger partial charge is 0.464 e. The van der Waals surface area contributed by atoms with Gasteiger partial charge < -0.3 is 20.3 Å². The monoisotopic (exact) mass is 443 g/mol. The van der Waals surface area contributed by atoms with Crippen molar-refractivity contribution < 1.29 is 37.6 Å². The molecule has 0 spiro atoms. The predicted octanol–water partition coefficient (Wildman–Crippen LogP) is 1.05. The SMILES string of the molecule is CC1(CC(NC(=O)c2cc(C(F)F)on2)C(=O)NN(CC2CCNC2=O)C(=O)O)CC1. The van der Waals surface area contributed by atoms with E-state index in [9.17, 15) is 33.1 Å². The van der Waals surface area contributed by atoms with Crippen LogP contribution in [0.3, 0.4) is 0 Å². The van der Waals surface area contributed by atoms with Crippen molar-refractivity contribution in [2.75, 3.05) is 13.1 Å². The van der Waals surface area contributed by atoms with E-state index in [4.69, 9.17) is 0 Å². The number of alkyl halides is 2. The maximum atomic E-state index is 12.8. The summed E-state index contributed by atoms with van der Waals surface area (Å²) in [6.07, 6.45) is -2.14. The molecule has 2 atom stereocenters. The number of amides is 4. The Hall–Kier alpha value is -3.25. The molecule has 0 radical (unpaired) electrons. The summed E-state index contributed by atoms with van der Waals surface area (Å²) in [6.45, 7) is 2.08. The number of nitrogens with zero attached hydrogens (tertiary/aromatic N) is 2. The van der Waals surface area contributed by atoms with Crippen LogP contribution in [-0.2, 0) is 9.59 Å². The quantitative estimate of drug-likeness (QED) is 0.438. The average Bonchev–Trinajstić information content (AvgIpc) is 3.09. The summed E-state index contributed by atoms with van der Waals surface area (Å²) in [5.74, 6) is -3.41. The fourth-order valence-electron chi connectivity index (χ4n) is 3.27. The molecule has 11 nitrogen and oxygen atoms in total. The van der Waals surface area contributed by atoms with Gasteiger partial charge in [0.05, 0.1) is 12.5 Å². The molecule has 1 aromatic rings. The minimum atomic E-state index is -2.95. The van der Waals surface area contributed by atoms with Gasteiger partial charge in [-0.3, -0.25) is 19.8 Å². The third-order valence-corrected chi connectivity index (χ3v) is 5.44. The van der Waals surface area contributed by atoms with Gasteiger partial charge in [0.1, 0.15) is 6.04 Å². The van der Waals surface area contributed by atoms with E-state index in [0.717, 1.165) is 18.9 Å². The number of rotatable bonds is 8. The van der Waals surface area contributed by atoms with E-state index in [0.29, 0.717) is 18.0 Å². The third-order valence-electron chi connectivity index (χ3n) is 5.44. The van der Waals surface area contributed by atoms with Gasteiger partial charge >= 0.3 is 6.09 Å². The molecule has 1 aliphatic carbocycles. The van der Waals surface area contributed by atoms with Crippen LogP contribution in [-0.4, -0.2) is 58.2 Å². The van der Waals surface area contributed by atoms with E-state index in [-0.39, 0.29) is 24.3 Å². The van der Waals surface area contributed by atoms with E-state index in [2.05, 4.69) is 25.7 Å². The number of carbonyl (C=O) groups excluding carboxylic acids is 3. The van der Waals surface area contributed by atoms with Gasteiger partial charge in [-0.05, 0) is 31.1 Å². The molecular weight excluding hydrogens is 420 g/mol. The molecule has 170 valence electrons. The molecule has 1 saturated carbocycles. The molecule has 0 aromatic carbocycles. The van der Waals surface area contributed by atoms with E-state index in [1.54, 1.807) is 0 Å². The lowest BCUT2D eigenvalue weighted by molar-refractivity contribution is -0.129. The van der Waals surface area contributed by atoms with Gasteiger partial charge in [0.15, 0.2) is 5.69 Å². The molecule has 1 aliphatic heterocycles. The lowest BCUT2D eigenvalue weighted by Gasteiger charge is -2.26. The number of carboxylic acid groups (broad SMARTS) is 1. The van der Waals surface area contributed by atoms with Crippen molar-refractivity contribution in [3.63, 3.8) is 0 Å². The summed E-state index contributed by atoms with van der Waals surface area (Å²) in [5.41, 5.74) is 1.59. The highest BCUT2D eigenvalue weighted by Gasteiger charge is 2.42.